The van der Waals surface area contributed by atoms with E-state index >= 15 is 0 Å². The minimum atomic E-state index is -0.251. The molecule has 0 bridgehead atoms. The molecule has 0 radical (unpaired) electrons. The summed E-state index contributed by atoms with van der Waals surface area (Å²) in [5, 5.41) is 3.62. The SMILES string of the molecule is COc1ccc2[nH]cc(C(=O)NCCc3ccccc3F)c2c1. The number of aromatic amines is 1. The van der Waals surface area contributed by atoms with Gasteiger partial charge in [0, 0.05) is 23.6 Å². The van der Waals surface area contributed by atoms with E-state index in [1.807, 2.05) is 18.2 Å². The van der Waals surface area contributed by atoms with Crippen molar-refractivity contribution >= 4 is 16.8 Å². The van der Waals surface area contributed by atoms with Gasteiger partial charge in [-0.1, -0.05) is 18.2 Å². The maximum Gasteiger partial charge on any atom is 0.253 e. The lowest BCUT2D eigenvalue weighted by molar-refractivity contribution is 0.0955. The number of carbonyl (C=O) groups excluding carboxylic acids is 1. The molecule has 2 aromatic carbocycles. The average molecular weight is 312 g/mol. The molecule has 1 amide bonds. The molecule has 0 aliphatic carbocycles. The number of amides is 1. The fourth-order valence-corrected chi connectivity index (χ4v) is 2.52. The number of hydrogen-bond donors (Lipinski definition) is 2. The molecule has 2 N–H and O–H groups in total. The van der Waals surface area contributed by atoms with E-state index in [2.05, 4.69) is 10.3 Å². The normalized spacial score (nSPS) is 10.7. The number of carbonyl (C=O) groups is 1. The molecule has 23 heavy (non-hydrogen) atoms. The molecular formula is C18H17FN2O2. The Balaban J connectivity index is 1.70. The first-order valence-corrected chi connectivity index (χ1v) is 7.36. The zero-order chi connectivity index (χ0) is 16.2. The van der Waals surface area contributed by atoms with Crippen molar-refractivity contribution in [2.45, 2.75) is 6.42 Å². The standard InChI is InChI=1S/C18H17FN2O2/c1-23-13-6-7-17-14(10-13)15(11-21-17)18(22)20-9-8-12-4-2-3-5-16(12)19/h2-7,10-11,21H,8-9H2,1H3,(H,20,22). The van der Waals surface area contributed by atoms with Crippen LogP contribution in [0.1, 0.15) is 15.9 Å². The van der Waals surface area contributed by atoms with E-state index in [4.69, 9.17) is 4.74 Å². The van der Waals surface area contributed by atoms with Gasteiger partial charge in [-0.2, -0.15) is 0 Å². The summed E-state index contributed by atoms with van der Waals surface area (Å²) in [4.78, 5) is 15.4. The molecule has 3 aromatic rings. The molecule has 0 saturated heterocycles. The highest BCUT2D eigenvalue weighted by Crippen LogP contribution is 2.23. The zero-order valence-corrected chi connectivity index (χ0v) is 12.7. The quantitative estimate of drug-likeness (QED) is 0.759. The van der Waals surface area contributed by atoms with E-state index in [0.717, 1.165) is 10.9 Å². The van der Waals surface area contributed by atoms with Crippen LogP contribution in [0.4, 0.5) is 4.39 Å². The Hall–Kier alpha value is -2.82. The number of nitrogens with one attached hydrogen (secondary N) is 2. The number of benzene rings is 2. The van der Waals surface area contributed by atoms with Gasteiger partial charge in [0.2, 0.25) is 0 Å². The number of methoxy groups -OCH3 is 1. The van der Waals surface area contributed by atoms with Crippen LogP contribution in [0, 0.1) is 5.82 Å². The second-order valence-corrected chi connectivity index (χ2v) is 5.21. The Labute approximate surface area is 133 Å². The minimum absolute atomic E-state index is 0.194. The van der Waals surface area contributed by atoms with Gasteiger partial charge in [-0.25, -0.2) is 4.39 Å². The minimum Gasteiger partial charge on any atom is -0.497 e. The van der Waals surface area contributed by atoms with Gasteiger partial charge in [0.05, 0.1) is 12.7 Å². The maximum atomic E-state index is 13.5. The second-order valence-electron chi connectivity index (χ2n) is 5.21. The first-order valence-electron chi connectivity index (χ1n) is 7.36. The van der Waals surface area contributed by atoms with Crippen molar-refractivity contribution in [2.24, 2.45) is 0 Å². The summed E-state index contributed by atoms with van der Waals surface area (Å²) in [5.74, 6) is 0.247. The molecule has 1 aromatic heterocycles. The van der Waals surface area contributed by atoms with Gasteiger partial charge in [-0.3, -0.25) is 4.79 Å². The van der Waals surface area contributed by atoms with Gasteiger partial charge in [0.1, 0.15) is 11.6 Å². The van der Waals surface area contributed by atoms with E-state index in [9.17, 15) is 9.18 Å². The van der Waals surface area contributed by atoms with Crippen LogP contribution < -0.4 is 10.1 Å². The number of H-pyrrole nitrogens is 1. The predicted octanol–water partition coefficient (Wildman–Crippen LogP) is 3.29. The number of halogens is 1. The van der Waals surface area contributed by atoms with Crippen molar-refractivity contribution < 1.29 is 13.9 Å². The summed E-state index contributed by atoms with van der Waals surface area (Å²) in [6, 6.07) is 12.1. The maximum absolute atomic E-state index is 13.5. The summed E-state index contributed by atoms with van der Waals surface area (Å²) < 4.78 is 18.7. The van der Waals surface area contributed by atoms with E-state index in [-0.39, 0.29) is 11.7 Å². The summed E-state index contributed by atoms with van der Waals surface area (Å²) in [6.45, 7) is 0.371. The Morgan fingerprint density at radius 3 is 2.87 bits per heavy atom. The molecule has 3 rings (SSSR count). The van der Waals surface area contributed by atoms with E-state index in [0.29, 0.717) is 29.8 Å². The van der Waals surface area contributed by atoms with E-state index in [1.165, 1.54) is 6.07 Å². The third kappa shape index (κ3) is 3.18. The molecule has 118 valence electrons. The summed E-state index contributed by atoms with van der Waals surface area (Å²) >= 11 is 0. The van der Waals surface area contributed by atoms with Crippen LogP contribution in [0.5, 0.6) is 5.75 Å². The zero-order valence-electron chi connectivity index (χ0n) is 12.7. The van der Waals surface area contributed by atoms with Crippen LogP contribution in [-0.2, 0) is 6.42 Å². The molecule has 0 aliphatic rings. The fraction of sp³-hybridized carbons (Fsp3) is 0.167. The van der Waals surface area contributed by atoms with Gasteiger partial charge < -0.3 is 15.0 Å². The number of hydrogen-bond acceptors (Lipinski definition) is 2. The number of aromatic nitrogens is 1. The molecule has 0 atom stereocenters. The fourth-order valence-electron chi connectivity index (χ4n) is 2.52. The van der Waals surface area contributed by atoms with Gasteiger partial charge in [0.15, 0.2) is 0 Å². The Morgan fingerprint density at radius 1 is 1.26 bits per heavy atom. The molecule has 0 fully saturated rings. The lowest BCUT2D eigenvalue weighted by Gasteiger charge is -2.06. The molecule has 0 unspecified atom stereocenters. The molecule has 4 nitrogen and oxygen atoms in total. The predicted molar refractivity (Wildman–Crippen MR) is 87.3 cm³/mol. The summed E-state index contributed by atoms with van der Waals surface area (Å²) in [6.07, 6.45) is 2.12. The third-order valence-corrected chi connectivity index (χ3v) is 3.77. The highest BCUT2D eigenvalue weighted by atomic mass is 19.1. The molecular weight excluding hydrogens is 295 g/mol. The largest absolute Gasteiger partial charge is 0.497 e. The van der Waals surface area contributed by atoms with E-state index in [1.54, 1.807) is 31.5 Å². The highest BCUT2D eigenvalue weighted by molar-refractivity contribution is 6.07. The number of fused-ring (bicyclic) bond motifs is 1. The van der Waals surface area contributed by atoms with Crippen LogP contribution in [0.2, 0.25) is 0 Å². The second kappa shape index (κ2) is 6.52. The smallest absolute Gasteiger partial charge is 0.253 e. The molecule has 0 spiro atoms. The van der Waals surface area contributed by atoms with Crippen molar-refractivity contribution in [1.82, 2.24) is 10.3 Å². The summed E-state index contributed by atoms with van der Waals surface area (Å²) in [5.41, 5.74) is 2.01. The number of ether oxygens (including phenoxy) is 1. The Morgan fingerprint density at radius 2 is 2.09 bits per heavy atom. The van der Waals surface area contributed by atoms with Gasteiger partial charge in [0.25, 0.3) is 5.91 Å². The lowest BCUT2D eigenvalue weighted by atomic mass is 10.1. The highest BCUT2D eigenvalue weighted by Gasteiger charge is 2.12. The van der Waals surface area contributed by atoms with Crippen molar-refractivity contribution in [2.75, 3.05) is 13.7 Å². The Bertz CT molecular complexity index is 842. The molecule has 1 heterocycles. The third-order valence-electron chi connectivity index (χ3n) is 3.77. The topological polar surface area (TPSA) is 54.1 Å². The molecule has 5 heteroatoms. The van der Waals surface area contributed by atoms with Crippen LogP contribution in [0.25, 0.3) is 10.9 Å². The van der Waals surface area contributed by atoms with Crippen LogP contribution in [0.15, 0.2) is 48.7 Å². The van der Waals surface area contributed by atoms with E-state index < -0.39 is 0 Å². The number of rotatable bonds is 5. The molecule has 0 saturated carbocycles. The monoisotopic (exact) mass is 312 g/mol. The van der Waals surface area contributed by atoms with Crippen LogP contribution in [0.3, 0.4) is 0 Å². The molecule has 0 aliphatic heterocycles. The summed E-state index contributed by atoms with van der Waals surface area (Å²) in [7, 11) is 1.59. The Kier molecular flexibility index (Phi) is 4.28. The van der Waals surface area contributed by atoms with Crippen LogP contribution in [-0.4, -0.2) is 24.5 Å². The van der Waals surface area contributed by atoms with Gasteiger partial charge in [-0.15, -0.1) is 0 Å². The van der Waals surface area contributed by atoms with Crippen molar-refractivity contribution in [3.8, 4) is 5.75 Å². The average Bonchev–Trinajstić information content (AvgIpc) is 2.99. The first-order chi connectivity index (χ1) is 11.2. The van der Waals surface area contributed by atoms with Gasteiger partial charge in [-0.05, 0) is 36.2 Å². The lowest BCUT2D eigenvalue weighted by Crippen LogP contribution is -2.25. The first kappa shape index (κ1) is 15.1. The van der Waals surface area contributed by atoms with Crippen LogP contribution >= 0.6 is 0 Å². The van der Waals surface area contributed by atoms with Gasteiger partial charge >= 0.3 is 0 Å². The van der Waals surface area contributed by atoms with Crippen molar-refractivity contribution in [3.05, 3.63) is 65.6 Å². The van der Waals surface area contributed by atoms with Crippen molar-refractivity contribution in [3.63, 3.8) is 0 Å². The van der Waals surface area contributed by atoms with Crippen molar-refractivity contribution in [1.29, 1.82) is 0 Å².